The van der Waals surface area contributed by atoms with Crippen molar-refractivity contribution in [1.29, 1.82) is 0 Å². The molecule has 3 nitrogen and oxygen atoms in total. The highest BCUT2D eigenvalue weighted by Crippen LogP contribution is 2.14. The SMILES string of the molecule is CCCOC(CCCCCCCCCCC/C=C/CCO)OCCC. The molecular formula is C22H44O3. The molecule has 0 fully saturated rings. The number of allylic oxidation sites excluding steroid dienone is 1. The van der Waals surface area contributed by atoms with Gasteiger partial charge in [-0.05, 0) is 44.9 Å². The monoisotopic (exact) mass is 356 g/mol. The van der Waals surface area contributed by atoms with Crippen molar-refractivity contribution < 1.29 is 14.6 Å². The molecule has 0 saturated heterocycles. The second kappa shape index (κ2) is 21.7. The van der Waals surface area contributed by atoms with Gasteiger partial charge in [-0.3, -0.25) is 0 Å². The highest BCUT2D eigenvalue weighted by molar-refractivity contribution is 4.80. The molecule has 0 aromatic rings. The summed E-state index contributed by atoms with van der Waals surface area (Å²) in [5.74, 6) is 0. The zero-order valence-corrected chi connectivity index (χ0v) is 17.0. The number of aliphatic hydroxyl groups excluding tert-OH is 1. The van der Waals surface area contributed by atoms with Gasteiger partial charge in [0.05, 0.1) is 0 Å². The van der Waals surface area contributed by atoms with E-state index in [0.717, 1.165) is 38.9 Å². The van der Waals surface area contributed by atoms with Crippen LogP contribution < -0.4 is 0 Å². The Kier molecular flexibility index (Phi) is 21.3. The molecule has 1 N–H and O–H groups in total. The molecule has 0 unspecified atom stereocenters. The molecular weight excluding hydrogens is 312 g/mol. The second-order valence-corrected chi connectivity index (χ2v) is 6.91. The van der Waals surface area contributed by atoms with Crippen LogP contribution in [0.5, 0.6) is 0 Å². The Balaban J connectivity index is 3.33. The summed E-state index contributed by atoms with van der Waals surface area (Å²) in [6.45, 7) is 6.18. The van der Waals surface area contributed by atoms with Gasteiger partial charge in [0, 0.05) is 19.8 Å². The Morgan fingerprint density at radius 3 is 1.68 bits per heavy atom. The fourth-order valence-electron chi connectivity index (χ4n) is 2.83. The normalized spacial score (nSPS) is 11.8. The topological polar surface area (TPSA) is 38.7 Å². The Morgan fingerprint density at radius 2 is 1.16 bits per heavy atom. The molecule has 0 atom stereocenters. The lowest BCUT2D eigenvalue weighted by Gasteiger charge is -2.18. The van der Waals surface area contributed by atoms with Crippen LogP contribution in [0.1, 0.15) is 104 Å². The predicted molar refractivity (Wildman–Crippen MR) is 108 cm³/mol. The van der Waals surface area contributed by atoms with Crippen LogP contribution in [0.2, 0.25) is 0 Å². The lowest BCUT2D eigenvalue weighted by Crippen LogP contribution is -2.18. The van der Waals surface area contributed by atoms with Crippen molar-refractivity contribution in [2.24, 2.45) is 0 Å². The first kappa shape index (κ1) is 24.6. The van der Waals surface area contributed by atoms with E-state index in [4.69, 9.17) is 14.6 Å². The minimum Gasteiger partial charge on any atom is -0.396 e. The van der Waals surface area contributed by atoms with Gasteiger partial charge in [0.25, 0.3) is 0 Å². The molecule has 0 bridgehead atoms. The third kappa shape index (κ3) is 19.8. The van der Waals surface area contributed by atoms with Crippen molar-refractivity contribution in [2.45, 2.75) is 110 Å². The molecule has 0 spiro atoms. The van der Waals surface area contributed by atoms with Gasteiger partial charge in [-0.25, -0.2) is 0 Å². The summed E-state index contributed by atoms with van der Waals surface area (Å²) in [7, 11) is 0. The van der Waals surface area contributed by atoms with E-state index in [9.17, 15) is 0 Å². The van der Waals surface area contributed by atoms with Crippen LogP contribution in [0.3, 0.4) is 0 Å². The summed E-state index contributed by atoms with van der Waals surface area (Å²) >= 11 is 0. The number of hydrogen-bond donors (Lipinski definition) is 1. The summed E-state index contributed by atoms with van der Waals surface area (Å²) in [5.41, 5.74) is 0. The molecule has 0 radical (unpaired) electrons. The first-order chi connectivity index (χ1) is 12.3. The number of unbranched alkanes of at least 4 members (excludes halogenated alkanes) is 9. The van der Waals surface area contributed by atoms with Crippen LogP contribution in [0.15, 0.2) is 12.2 Å². The zero-order valence-electron chi connectivity index (χ0n) is 17.0. The predicted octanol–water partition coefficient (Wildman–Crippen LogP) is 6.40. The maximum atomic E-state index is 8.68. The molecule has 0 saturated carbocycles. The lowest BCUT2D eigenvalue weighted by molar-refractivity contribution is -0.146. The van der Waals surface area contributed by atoms with Crippen LogP contribution >= 0.6 is 0 Å². The maximum absolute atomic E-state index is 8.68. The van der Waals surface area contributed by atoms with Crippen molar-refractivity contribution >= 4 is 0 Å². The van der Waals surface area contributed by atoms with Crippen molar-refractivity contribution in [2.75, 3.05) is 19.8 Å². The molecule has 0 heterocycles. The van der Waals surface area contributed by atoms with Gasteiger partial charge in [-0.15, -0.1) is 0 Å². The minimum absolute atomic E-state index is 0.0197. The van der Waals surface area contributed by atoms with Crippen molar-refractivity contribution in [3.05, 3.63) is 12.2 Å². The first-order valence-corrected chi connectivity index (χ1v) is 10.8. The molecule has 0 aromatic carbocycles. The second-order valence-electron chi connectivity index (χ2n) is 6.91. The molecule has 0 aliphatic rings. The third-order valence-electron chi connectivity index (χ3n) is 4.29. The van der Waals surface area contributed by atoms with Gasteiger partial charge < -0.3 is 14.6 Å². The van der Waals surface area contributed by atoms with E-state index >= 15 is 0 Å². The van der Waals surface area contributed by atoms with Crippen LogP contribution in [-0.2, 0) is 9.47 Å². The smallest absolute Gasteiger partial charge is 0.157 e. The van der Waals surface area contributed by atoms with Gasteiger partial charge in [-0.1, -0.05) is 70.9 Å². The van der Waals surface area contributed by atoms with E-state index in [0.29, 0.717) is 0 Å². The number of aliphatic hydroxyl groups is 1. The van der Waals surface area contributed by atoms with Gasteiger partial charge in [0.1, 0.15) is 0 Å². The molecule has 3 heteroatoms. The lowest BCUT2D eigenvalue weighted by atomic mass is 10.1. The van der Waals surface area contributed by atoms with E-state index < -0.39 is 0 Å². The number of rotatable bonds is 20. The largest absolute Gasteiger partial charge is 0.396 e. The van der Waals surface area contributed by atoms with Crippen molar-refractivity contribution in [1.82, 2.24) is 0 Å². The summed E-state index contributed by atoms with van der Waals surface area (Å²) in [5, 5.41) is 8.68. The minimum atomic E-state index is 0.0197. The van der Waals surface area contributed by atoms with Crippen molar-refractivity contribution in [3.8, 4) is 0 Å². The van der Waals surface area contributed by atoms with Gasteiger partial charge in [0.15, 0.2) is 6.29 Å². The van der Waals surface area contributed by atoms with E-state index in [-0.39, 0.29) is 12.9 Å². The summed E-state index contributed by atoms with van der Waals surface area (Å²) in [6, 6.07) is 0. The number of hydrogen-bond acceptors (Lipinski definition) is 3. The van der Waals surface area contributed by atoms with Crippen LogP contribution in [0.25, 0.3) is 0 Å². The van der Waals surface area contributed by atoms with E-state index in [1.165, 1.54) is 64.2 Å². The first-order valence-electron chi connectivity index (χ1n) is 10.8. The van der Waals surface area contributed by atoms with Crippen molar-refractivity contribution in [3.63, 3.8) is 0 Å². The molecule has 0 rings (SSSR count). The average molecular weight is 357 g/mol. The zero-order chi connectivity index (χ0) is 18.4. The Bertz CT molecular complexity index is 258. The Hall–Kier alpha value is -0.380. The van der Waals surface area contributed by atoms with E-state index in [1.807, 2.05) is 0 Å². The molecule has 0 aliphatic heterocycles. The van der Waals surface area contributed by atoms with Gasteiger partial charge in [-0.2, -0.15) is 0 Å². The van der Waals surface area contributed by atoms with Crippen LogP contribution in [0, 0.1) is 0 Å². The molecule has 0 aromatic heterocycles. The van der Waals surface area contributed by atoms with Crippen LogP contribution in [-0.4, -0.2) is 31.2 Å². The van der Waals surface area contributed by atoms with E-state index in [1.54, 1.807) is 0 Å². The summed E-state index contributed by atoms with van der Waals surface area (Å²) < 4.78 is 11.5. The Morgan fingerprint density at radius 1 is 0.680 bits per heavy atom. The molecule has 25 heavy (non-hydrogen) atoms. The molecule has 0 aliphatic carbocycles. The molecule has 150 valence electrons. The van der Waals surface area contributed by atoms with Crippen LogP contribution in [0.4, 0.5) is 0 Å². The number of ether oxygens (including phenoxy) is 2. The summed E-state index contributed by atoms with van der Waals surface area (Å²) in [4.78, 5) is 0. The third-order valence-corrected chi connectivity index (χ3v) is 4.29. The quantitative estimate of drug-likeness (QED) is 0.156. The highest BCUT2D eigenvalue weighted by atomic mass is 16.7. The fraction of sp³-hybridized carbons (Fsp3) is 0.909. The highest BCUT2D eigenvalue weighted by Gasteiger charge is 2.08. The maximum Gasteiger partial charge on any atom is 0.157 e. The Labute approximate surface area is 157 Å². The fourth-order valence-corrected chi connectivity index (χ4v) is 2.83. The standard InChI is InChI=1S/C22H44O3/c1-3-20-24-22(25-21-4-2)18-16-14-12-10-8-6-5-7-9-11-13-15-17-19-23/h13,15,22-23H,3-12,14,16-21H2,1-2H3/b15-13+. The van der Waals surface area contributed by atoms with E-state index in [2.05, 4.69) is 26.0 Å². The average Bonchev–Trinajstić information content (AvgIpc) is 2.63. The van der Waals surface area contributed by atoms with Gasteiger partial charge >= 0.3 is 0 Å². The molecule has 0 amide bonds. The summed E-state index contributed by atoms with van der Waals surface area (Å²) in [6.07, 6.45) is 21.4. The van der Waals surface area contributed by atoms with Gasteiger partial charge in [0.2, 0.25) is 0 Å².